The monoisotopic (exact) mass is 232 g/mol. The molecule has 1 rings (SSSR count). The molecule has 0 fully saturated rings. The van der Waals surface area contributed by atoms with E-state index in [1.807, 2.05) is 6.92 Å². The van der Waals surface area contributed by atoms with Gasteiger partial charge in [0.05, 0.1) is 6.54 Å². The third kappa shape index (κ3) is 3.58. The normalized spacial score (nSPS) is 11.5. The number of aryl methyl sites for hydroxylation is 1. The van der Waals surface area contributed by atoms with Crippen molar-refractivity contribution in [3.63, 3.8) is 0 Å². The number of alkyl halides is 2. The first-order chi connectivity index (χ1) is 7.46. The first-order valence-electron chi connectivity index (χ1n) is 4.83. The van der Waals surface area contributed by atoms with Gasteiger partial charge in [-0.15, -0.1) is 0 Å². The van der Waals surface area contributed by atoms with E-state index in [0.29, 0.717) is 12.2 Å². The first kappa shape index (κ1) is 12.6. The topological polar surface area (TPSA) is 84.1 Å². The van der Waals surface area contributed by atoms with Crippen molar-refractivity contribution in [2.75, 3.05) is 24.2 Å². The summed E-state index contributed by atoms with van der Waals surface area (Å²) in [5.74, 6) is -2.24. The third-order valence-corrected chi connectivity index (χ3v) is 1.87. The summed E-state index contributed by atoms with van der Waals surface area (Å²) in [4.78, 5) is 7.88. The zero-order chi connectivity index (χ0) is 12.2. The minimum atomic E-state index is -3.17. The number of aliphatic hydroxyl groups excluding tert-OH is 1. The maximum atomic E-state index is 12.7. The van der Waals surface area contributed by atoms with E-state index in [1.165, 1.54) is 6.07 Å². The van der Waals surface area contributed by atoms with Crippen LogP contribution < -0.4 is 11.1 Å². The Morgan fingerprint density at radius 1 is 1.50 bits per heavy atom. The predicted molar refractivity (Wildman–Crippen MR) is 56.3 cm³/mol. The highest BCUT2D eigenvalue weighted by Crippen LogP contribution is 2.14. The van der Waals surface area contributed by atoms with Crippen LogP contribution in [0.2, 0.25) is 0 Å². The highest BCUT2D eigenvalue weighted by molar-refractivity contribution is 5.44. The van der Waals surface area contributed by atoms with Gasteiger partial charge in [-0.3, -0.25) is 0 Å². The molecule has 1 aromatic heterocycles. The van der Waals surface area contributed by atoms with Gasteiger partial charge in [0.1, 0.15) is 24.1 Å². The maximum Gasteiger partial charge on any atom is 0.287 e. The van der Waals surface area contributed by atoms with Gasteiger partial charge in [0.25, 0.3) is 5.92 Å². The third-order valence-electron chi connectivity index (χ3n) is 1.87. The van der Waals surface area contributed by atoms with Crippen molar-refractivity contribution in [1.82, 2.24) is 9.97 Å². The number of aromatic nitrogens is 2. The highest BCUT2D eigenvalue weighted by Gasteiger charge is 2.27. The van der Waals surface area contributed by atoms with Crippen LogP contribution in [0.5, 0.6) is 0 Å². The summed E-state index contributed by atoms with van der Waals surface area (Å²) < 4.78 is 25.5. The van der Waals surface area contributed by atoms with Crippen LogP contribution in [0.1, 0.15) is 12.7 Å². The lowest BCUT2D eigenvalue weighted by molar-refractivity contribution is -0.0373. The predicted octanol–water partition coefficient (Wildman–Crippen LogP) is 0.661. The molecule has 0 aliphatic rings. The van der Waals surface area contributed by atoms with Crippen molar-refractivity contribution < 1.29 is 13.9 Å². The molecule has 0 spiro atoms. The fourth-order valence-electron chi connectivity index (χ4n) is 1.04. The molecule has 0 aromatic carbocycles. The van der Waals surface area contributed by atoms with Gasteiger partial charge >= 0.3 is 0 Å². The maximum absolute atomic E-state index is 12.7. The fraction of sp³-hybridized carbons (Fsp3) is 0.556. The number of hydrogen-bond donors (Lipinski definition) is 3. The summed E-state index contributed by atoms with van der Waals surface area (Å²) in [6, 6.07) is 1.37. The number of hydrogen-bond acceptors (Lipinski definition) is 5. The van der Waals surface area contributed by atoms with Crippen molar-refractivity contribution in [2.45, 2.75) is 19.3 Å². The van der Waals surface area contributed by atoms with Gasteiger partial charge in [-0.2, -0.15) is 0 Å². The number of halogens is 2. The van der Waals surface area contributed by atoms with E-state index in [-0.39, 0.29) is 11.6 Å². The molecule has 0 aliphatic carbocycles. The van der Waals surface area contributed by atoms with Crippen LogP contribution in [0.4, 0.5) is 20.4 Å². The zero-order valence-corrected chi connectivity index (χ0v) is 8.87. The average molecular weight is 232 g/mol. The molecular formula is C9H14F2N4O. The molecule has 1 aromatic rings. The molecule has 0 aliphatic heterocycles. The molecule has 5 nitrogen and oxygen atoms in total. The number of rotatable bonds is 5. The second-order valence-electron chi connectivity index (χ2n) is 3.32. The lowest BCUT2D eigenvalue weighted by atomic mass is 10.3. The van der Waals surface area contributed by atoms with Gasteiger partial charge in [-0.25, -0.2) is 18.7 Å². The van der Waals surface area contributed by atoms with Gasteiger partial charge in [0.2, 0.25) is 0 Å². The highest BCUT2D eigenvalue weighted by atomic mass is 19.3. The van der Waals surface area contributed by atoms with Crippen LogP contribution in [0.15, 0.2) is 6.07 Å². The van der Waals surface area contributed by atoms with E-state index in [4.69, 9.17) is 10.8 Å². The molecule has 0 radical (unpaired) electrons. The van der Waals surface area contributed by atoms with E-state index >= 15 is 0 Å². The molecule has 0 atom stereocenters. The Balaban J connectivity index is 2.70. The molecule has 0 saturated carbocycles. The average Bonchev–Trinajstić information content (AvgIpc) is 2.26. The SMILES string of the molecule is CCc1nc(N)cc(NCC(F)(F)CO)n1. The van der Waals surface area contributed by atoms with Gasteiger partial charge in [0.15, 0.2) is 0 Å². The second-order valence-corrected chi connectivity index (χ2v) is 3.32. The van der Waals surface area contributed by atoms with E-state index in [9.17, 15) is 8.78 Å². The van der Waals surface area contributed by atoms with Gasteiger partial charge in [-0.05, 0) is 0 Å². The smallest absolute Gasteiger partial charge is 0.287 e. The number of nitrogens with zero attached hydrogens (tertiary/aromatic N) is 2. The number of aliphatic hydroxyl groups is 1. The van der Waals surface area contributed by atoms with Crippen molar-refractivity contribution in [3.05, 3.63) is 11.9 Å². The Bertz CT molecular complexity index is 359. The van der Waals surface area contributed by atoms with Crippen LogP contribution in [0.3, 0.4) is 0 Å². The Hall–Kier alpha value is -1.50. The molecule has 0 bridgehead atoms. The Labute approximate surface area is 91.7 Å². The van der Waals surface area contributed by atoms with Gasteiger partial charge in [0, 0.05) is 12.5 Å². The number of anilines is 2. The standard InChI is InChI=1S/C9H14F2N4O/c1-2-7-14-6(12)3-8(15-7)13-4-9(10,11)5-16/h3,16H,2,4-5H2,1H3,(H3,12,13,14,15). The second kappa shape index (κ2) is 5.02. The van der Waals surface area contributed by atoms with Gasteiger partial charge < -0.3 is 16.2 Å². The van der Waals surface area contributed by atoms with E-state index in [2.05, 4.69) is 15.3 Å². The van der Waals surface area contributed by atoms with Crippen LogP contribution in [0.25, 0.3) is 0 Å². The van der Waals surface area contributed by atoms with E-state index in [1.54, 1.807) is 0 Å². The van der Waals surface area contributed by atoms with Crippen LogP contribution >= 0.6 is 0 Å². The Morgan fingerprint density at radius 2 is 2.19 bits per heavy atom. The molecule has 7 heteroatoms. The molecule has 1 heterocycles. The first-order valence-corrected chi connectivity index (χ1v) is 4.83. The fourth-order valence-corrected chi connectivity index (χ4v) is 1.04. The summed E-state index contributed by atoms with van der Waals surface area (Å²) in [6.07, 6.45) is 0.566. The summed E-state index contributed by atoms with van der Waals surface area (Å²) in [7, 11) is 0. The quantitative estimate of drug-likeness (QED) is 0.694. The molecule has 0 saturated heterocycles. The molecule has 90 valence electrons. The number of nitrogen functional groups attached to an aromatic ring is 1. The van der Waals surface area contributed by atoms with Crippen LogP contribution in [-0.4, -0.2) is 34.1 Å². The molecule has 0 amide bonds. The molecule has 16 heavy (non-hydrogen) atoms. The Kier molecular flexibility index (Phi) is 3.94. The summed E-state index contributed by atoms with van der Waals surface area (Å²) in [5.41, 5.74) is 5.48. The minimum Gasteiger partial charge on any atom is -0.390 e. The van der Waals surface area contributed by atoms with E-state index in [0.717, 1.165) is 0 Å². The van der Waals surface area contributed by atoms with Gasteiger partial charge in [-0.1, -0.05) is 6.92 Å². The summed E-state index contributed by atoms with van der Waals surface area (Å²) in [6.45, 7) is -0.0643. The van der Waals surface area contributed by atoms with Crippen molar-refractivity contribution in [2.24, 2.45) is 0 Å². The van der Waals surface area contributed by atoms with Crippen LogP contribution in [0, 0.1) is 0 Å². The van der Waals surface area contributed by atoms with E-state index < -0.39 is 19.1 Å². The lowest BCUT2D eigenvalue weighted by Crippen LogP contribution is -2.31. The van der Waals surface area contributed by atoms with Crippen LogP contribution in [-0.2, 0) is 6.42 Å². The molecular weight excluding hydrogens is 218 g/mol. The lowest BCUT2D eigenvalue weighted by Gasteiger charge is -2.14. The molecule has 4 N–H and O–H groups in total. The minimum absolute atomic E-state index is 0.224. The largest absolute Gasteiger partial charge is 0.390 e. The number of nitrogens with one attached hydrogen (secondary N) is 1. The summed E-state index contributed by atoms with van der Waals surface area (Å²) >= 11 is 0. The Morgan fingerprint density at radius 3 is 2.75 bits per heavy atom. The zero-order valence-electron chi connectivity index (χ0n) is 8.87. The summed E-state index contributed by atoms with van der Waals surface area (Å²) in [5, 5.41) is 10.8. The van der Waals surface area contributed by atoms with Crippen molar-refractivity contribution >= 4 is 11.6 Å². The number of nitrogens with two attached hydrogens (primary N) is 1. The van der Waals surface area contributed by atoms with Crippen molar-refractivity contribution in [1.29, 1.82) is 0 Å². The van der Waals surface area contributed by atoms with Crippen molar-refractivity contribution in [3.8, 4) is 0 Å². The molecule has 0 unspecified atom stereocenters.